The van der Waals surface area contributed by atoms with Crippen LogP contribution in [0.25, 0.3) is 10.8 Å². The molecular formula is C17H17NO2. The van der Waals surface area contributed by atoms with Gasteiger partial charge in [-0.1, -0.05) is 30.7 Å². The average molecular weight is 267 g/mol. The van der Waals surface area contributed by atoms with Crippen molar-refractivity contribution in [1.82, 2.24) is 0 Å². The normalized spacial score (nSPS) is 16.6. The summed E-state index contributed by atoms with van der Waals surface area (Å²) in [5, 5.41) is 5.00. The maximum absolute atomic E-state index is 11.4. The number of carbonyl (C=O) groups is 2. The summed E-state index contributed by atoms with van der Waals surface area (Å²) in [6.07, 6.45) is 5.24. The first-order valence-electron chi connectivity index (χ1n) is 7.10. The summed E-state index contributed by atoms with van der Waals surface area (Å²) in [5.41, 5.74) is 1.71. The molecule has 0 bridgehead atoms. The lowest BCUT2D eigenvalue weighted by Crippen LogP contribution is -2.03. The van der Waals surface area contributed by atoms with Gasteiger partial charge in [0.05, 0.1) is 0 Å². The summed E-state index contributed by atoms with van der Waals surface area (Å²) in [5.74, 6) is 0.470. The Kier molecular flexibility index (Phi) is 3.50. The van der Waals surface area contributed by atoms with Crippen LogP contribution in [0.5, 0.6) is 0 Å². The smallest absolute Gasteiger partial charge is 0.256 e. The van der Waals surface area contributed by atoms with Gasteiger partial charge in [-0.25, -0.2) is 0 Å². The average Bonchev–Trinajstić information content (AvgIpc) is 2.80. The van der Waals surface area contributed by atoms with Crippen LogP contribution in [0.15, 0.2) is 36.4 Å². The van der Waals surface area contributed by atoms with Crippen molar-refractivity contribution in [3.05, 3.63) is 42.0 Å². The van der Waals surface area contributed by atoms with Gasteiger partial charge in [0, 0.05) is 29.5 Å². The number of carbonyl (C=O) groups excluding carboxylic acids is 2. The molecule has 1 fully saturated rings. The van der Waals surface area contributed by atoms with Gasteiger partial charge in [-0.15, -0.1) is 0 Å². The Morgan fingerprint density at radius 3 is 2.20 bits per heavy atom. The predicted molar refractivity (Wildman–Crippen MR) is 80.0 cm³/mol. The number of Topliss-reactive ketones (excluding diaryl/α,β-unsaturated/α-hetero) is 1. The van der Waals surface area contributed by atoms with Gasteiger partial charge in [0.1, 0.15) is 5.78 Å². The van der Waals surface area contributed by atoms with Crippen molar-refractivity contribution < 1.29 is 9.59 Å². The maximum atomic E-state index is 11.4. The quantitative estimate of drug-likeness (QED) is 0.786. The largest absolute Gasteiger partial charge is 0.321 e. The highest BCUT2D eigenvalue weighted by Crippen LogP contribution is 2.32. The van der Waals surface area contributed by atoms with E-state index in [9.17, 15) is 9.59 Å². The van der Waals surface area contributed by atoms with Gasteiger partial charge in [0.2, 0.25) is 0 Å². The number of nitrogens with one attached hydrogen (secondary N) is 1. The summed E-state index contributed by atoms with van der Waals surface area (Å²) in [6, 6.07) is 11.7. The Morgan fingerprint density at radius 1 is 0.850 bits per heavy atom. The lowest BCUT2D eigenvalue weighted by atomic mass is 10.00. The van der Waals surface area contributed by atoms with Crippen molar-refractivity contribution in [3.8, 4) is 0 Å². The van der Waals surface area contributed by atoms with Gasteiger partial charge in [-0.2, -0.15) is 0 Å². The molecule has 1 aliphatic heterocycles. The second-order valence-electron chi connectivity index (χ2n) is 5.26. The summed E-state index contributed by atoms with van der Waals surface area (Å²) >= 11 is 0. The van der Waals surface area contributed by atoms with Gasteiger partial charge in [0.15, 0.2) is 0 Å². The molecule has 20 heavy (non-hydrogen) atoms. The third kappa shape index (κ3) is 2.44. The van der Waals surface area contributed by atoms with Gasteiger partial charge < -0.3 is 5.32 Å². The van der Waals surface area contributed by atoms with Crippen molar-refractivity contribution in [1.29, 1.82) is 0 Å². The van der Waals surface area contributed by atoms with Crippen LogP contribution in [0.1, 0.15) is 42.5 Å². The Morgan fingerprint density at radius 2 is 1.55 bits per heavy atom. The number of rotatable bonds is 0. The van der Waals surface area contributed by atoms with Crippen LogP contribution in [-0.2, 0) is 4.79 Å². The molecule has 0 atom stereocenters. The molecule has 1 saturated carbocycles. The fraction of sp³-hybridized carbons (Fsp3) is 0.294. The van der Waals surface area contributed by atoms with Crippen LogP contribution >= 0.6 is 0 Å². The van der Waals surface area contributed by atoms with E-state index in [1.54, 1.807) is 0 Å². The van der Waals surface area contributed by atoms with Gasteiger partial charge in [-0.3, -0.25) is 9.59 Å². The monoisotopic (exact) mass is 267 g/mol. The molecule has 1 heterocycles. The maximum Gasteiger partial charge on any atom is 0.256 e. The van der Waals surface area contributed by atoms with E-state index in [1.807, 2.05) is 36.4 Å². The van der Waals surface area contributed by atoms with Crippen LogP contribution < -0.4 is 5.32 Å². The molecule has 3 heteroatoms. The number of amides is 1. The molecule has 102 valence electrons. The van der Waals surface area contributed by atoms with Crippen LogP contribution in [0.4, 0.5) is 5.69 Å². The molecule has 0 unspecified atom stereocenters. The first kappa shape index (κ1) is 12.9. The molecule has 0 radical (unpaired) electrons. The lowest BCUT2D eigenvalue weighted by molar-refractivity contribution is -0.120. The van der Waals surface area contributed by atoms with E-state index in [-0.39, 0.29) is 5.91 Å². The minimum atomic E-state index is 0.00630. The minimum absolute atomic E-state index is 0.00630. The predicted octanol–water partition coefficient (Wildman–Crippen LogP) is 3.93. The molecule has 2 aromatic carbocycles. The summed E-state index contributed by atoms with van der Waals surface area (Å²) < 4.78 is 0. The number of hydrogen-bond donors (Lipinski definition) is 1. The highest BCUT2D eigenvalue weighted by atomic mass is 16.2. The van der Waals surface area contributed by atoms with E-state index < -0.39 is 0 Å². The third-order valence-corrected chi connectivity index (χ3v) is 3.81. The topological polar surface area (TPSA) is 46.2 Å². The number of hydrogen-bond acceptors (Lipinski definition) is 2. The molecule has 1 amide bonds. The standard InChI is InChI=1S/C11H7NO.C6H10O/c13-11-8-5-1-3-7-4-2-6-9(12-11)10(7)8;7-6-4-2-1-3-5-6/h1-6H,(H,12,13);1-5H2. The van der Waals surface area contributed by atoms with Crippen molar-refractivity contribution in [3.63, 3.8) is 0 Å². The zero-order valence-electron chi connectivity index (χ0n) is 11.3. The van der Waals surface area contributed by atoms with Crippen LogP contribution in [0.2, 0.25) is 0 Å². The van der Waals surface area contributed by atoms with Crippen LogP contribution in [0.3, 0.4) is 0 Å². The summed E-state index contributed by atoms with van der Waals surface area (Å²) in [6.45, 7) is 0. The Labute approximate surface area is 118 Å². The fourth-order valence-electron chi connectivity index (χ4n) is 2.77. The molecule has 1 N–H and O–H groups in total. The van der Waals surface area contributed by atoms with E-state index in [1.165, 1.54) is 6.42 Å². The Balaban J connectivity index is 0.000000147. The molecule has 1 aliphatic carbocycles. The number of anilines is 1. The molecule has 3 nitrogen and oxygen atoms in total. The third-order valence-electron chi connectivity index (χ3n) is 3.81. The molecule has 0 spiro atoms. The second-order valence-corrected chi connectivity index (χ2v) is 5.26. The highest BCUT2D eigenvalue weighted by Gasteiger charge is 2.19. The summed E-state index contributed by atoms with van der Waals surface area (Å²) in [4.78, 5) is 21.9. The highest BCUT2D eigenvalue weighted by molar-refractivity contribution is 6.23. The van der Waals surface area contributed by atoms with Gasteiger partial charge in [0.25, 0.3) is 5.91 Å². The zero-order chi connectivity index (χ0) is 13.9. The first-order valence-corrected chi connectivity index (χ1v) is 7.10. The van der Waals surface area contributed by atoms with E-state index in [0.29, 0.717) is 5.78 Å². The Bertz CT molecular complexity index is 662. The van der Waals surface area contributed by atoms with E-state index in [0.717, 1.165) is 47.7 Å². The van der Waals surface area contributed by atoms with E-state index in [2.05, 4.69) is 5.32 Å². The van der Waals surface area contributed by atoms with Gasteiger partial charge >= 0.3 is 0 Å². The lowest BCUT2D eigenvalue weighted by Gasteiger charge is -2.05. The second kappa shape index (κ2) is 5.45. The molecule has 2 aliphatic rings. The summed E-state index contributed by atoms with van der Waals surface area (Å²) in [7, 11) is 0. The minimum Gasteiger partial charge on any atom is -0.321 e. The van der Waals surface area contributed by atoms with Crippen molar-refractivity contribution in [2.45, 2.75) is 32.1 Å². The number of ketones is 1. The molecular weight excluding hydrogens is 250 g/mol. The van der Waals surface area contributed by atoms with E-state index in [4.69, 9.17) is 0 Å². The van der Waals surface area contributed by atoms with E-state index >= 15 is 0 Å². The van der Waals surface area contributed by atoms with Crippen LogP contribution in [-0.4, -0.2) is 11.7 Å². The first-order chi connectivity index (χ1) is 9.75. The molecule has 0 saturated heterocycles. The molecule has 0 aromatic heterocycles. The molecule has 2 aromatic rings. The zero-order valence-corrected chi connectivity index (χ0v) is 11.3. The molecule has 4 rings (SSSR count). The van der Waals surface area contributed by atoms with Crippen LogP contribution in [0, 0.1) is 0 Å². The van der Waals surface area contributed by atoms with Crippen molar-refractivity contribution in [2.24, 2.45) is 0 Å². The van der Waals surface area contributed by atoms with Crippen molar-refractivity contribution >= 4 is 28.2 Å². The SMILES string of the molecule is O=C1CCCCC1.O=C1Nc2cccc3cccc1c23. The fourth-order valence-corrected chi connectivity index (χ4v) is 2.77. The number of benzene rings is 2. The van der Waals surface area contributed by atoms with Gasteiger partial charge in [-0.05, 0) is 30.4 Å². The Hall–Kier alpha value is -2.16. The van der Waals surface area contributed by atoms with Crippen molar-refractivity contribution in [2.75, 3.05) is 5.32 Å².